The normalized spacial score (nSPS) is 10.1. The minimum Gasteiger partial charge on any atom is -0.495 e. The second-order valence-corrected chi connectivity index (χ2v) is 5.15. The van der Waals surface area contributed by atoms with E-state index in [1.165, 1.54) is 12.4 Å². The topological polar surface area (TPSA) is 89.0 Å². The second-order valence-electron chi connectivity index (χ2n) is 5.15. The van der Waals surface area contributed by atoms with Crippen molar-refractivity contribution >= 4 is 17.4 Å². The molecule has 0 unspecified atom stereocenters. The lowest BCUT2D eigenvalue weighted by Crippen LogP contribution is -2.24. The van der Waals surface area contributed by atoms with E-state index in [0.717, 1.165) is 11.3 Å². The summed E-state index contributed by atoms with van der Waals surface area (Å²) in [5.41, 5.74) is 1.99. The molecule has 2 heterocycles. The van der Waals surface area contributed by atoms with Gasteiger partial charge in [-0.05, 0) is 29.8 Å². The molecule has 0 aliphatic rings. The standard InChI is InChI=1S/C18H17N5O2/c1-25-16-5-3-2-4-14(16)23-17-12-20-15(11-21-17)18(24)22-10-13-6-8-19-9-7-13/h2-9,11-12H,10H2,1H3,(H,21,23)(H,22,24). The Balaban J connectivity index is 1.62. The summed E-state index contributed by atoms with van der Waals surface area (Å²) in [4.78, 5) is 24.4. The lowest BCUT2D eigenvalue weighted by molar-refractivity contribution is 0.0945. The van der Waals surface area contributed by atoms with Gasteiger partial charge in [-0.25, -0.2) is 9.97 Å². The molecule has 0 saturated heterocycles. The van der Waals surface area contributed by atoms with Gasteiger partial charge >= 0.3 is 0 Å². The van der Waals surface area contributed by atoms with E-state index in [4.69, 9.17) is 4.74 Å². The Bertz CT molecular complexity index is 838. The Labute approximate surface area is 145 Å². The molecule has 0 aliphatic heterocycles. The minimum absolute atomic E-state index is 0.250. The maximum atomic E-state index is 12.1. The molecule has 2 aromatic heterocycles. The highest BCUT2D eigenvalue weighted by molar-refractivity contribution is 5.92. The zero-order valence-electron chi connectivity index (χ0n) is 13.6. The molecule has 1 amide bonds. The monoisotopic (exact) mass is 335 g/mol. The van der Waals surface area contributed by atoms with E-state index in [1.54, 1.807) is 19.5 Å². The summed E-state index contributed by atoms with van der Waals surface area (Å²) in [7, 11) is 1.60. The van der Waals surface area contributed by atoms with E-state index in [0.29, 0.717) is 18.1 Å². The molecule has 0 atom stereocenters. The first-order chi connectivity index (χ1) is 12.3. The highest BCUT2D eigenvalue weighted by Crippen LogP contribution is 2.25. The predicted octanol–water partition coefficient (Wildman–Crippen LogP) is 2.55. The van der Waals surface area contributed by atoms with Crippen molar-refractivity contribution in [2.75, 3.05) is 12.4 Å². The van der Waals surface area contributed by atoms with Crippen LogP contribution in [0.25, 0.3) is 0 Å². The number of anilines is 2. The SMILES string of the molecule is COc1ccccc1Nc1cnc(C(=O)NCc2ccncc2)cn1. The van der Waals surface area contributed by atoms with Crippen molar-refractivity contribution in [1.82, 2.24) is 20.3 Å². The van der Waals surface area contributed by atoms with Gasteiger partial charge in [0, 0.05) is 18.9 Å². The fourth-order valence-corrected chi connectivity index (χ4v) is 2.17. The highest BCUT2D eigenvalue weighted by Gasteiger charge is 2.09. The van der Waals surface area contributed by atoms with Gasteiger partial charge in [0.05, 0.1) is 25.2 Å². The van der Waals surface area contributed by atoms with Crippen LogP contribution >= 0.6 is 0 Å². The van der Waals surface area contributed by atoms with Crippen LogP contribution in [0.15, 0.2) is 61.2 Å². The van der Waals surface area contributed by atoms with Gasteiger partial charge in [0.25, 0.3) is 5.91 Å². The van der Waals surface area contributed by atoms with E-state index in [9.17, 15) is 4.79 Å². The Morgan fingerprint density at radius 1 is 1.08 bits per heavy atom. The Kier molecular flexibility index (Phi) is 5.16. The number of hydrogen-bond donors (Lipinski definition) is 2. The van der Waals surface area contributed by atoms with E-state index in [1.807, 2.05) is 36.4 Å². The Morgan fingerprint density at radius 3 is 2.60 bits per heavy atom. The van der Waals surface area contributed by atoms with Crippen LogP contribution in [-0.2, 0) is 6.54 Å². The molecule has 126 valence electrons. The molecule has 25 heavy (non-hydrogen) atoms. The van der Waals surface area contributed by atoms with Crippen LogP contribution in [0.3, 0.4) is 0 Å². The third-order valence-electron chi connectivity index (χ3n) is 3.46. The molecule has 3 aromatic rings. The van der Waals surface area contributed by atoms with E-state index in [2.05, 4.69) is 25.6 Å². The summed E-state index contributed by atoms with van der Waals surface area (Å²) in [6.45, 7) is 0.407. The zero-order chi connectivity index (χ0) is 17.5. The number of aromatic nitrogens is 3. The summed E-state index contributed by atoms with van der Waals surface area (Å²) >= 11 is 0. The number of benzene rings is 1. The quantitative estimate of drug-likeness (QED) is 0.720. The summed E-state index contributed by atoms with van der Waals surface area (Å²) in [5, 5.41) is 5.90. The fourth-order valence-electron chi connectivity index (χ4n) is 2.17. The highest BCUT2D eigenvalue weighted by atomic mass is 16.5. The number of nitrogens with zero attached hydrogens (tertiary/aromatic N) is 3. The molecule has 3 rings (SSSR count). The van der Waals surface area contributed by atoms with Crippen molar-refractivity contribution in [3.63, 3.8) is 0 Å². The van der Waals surface area contributed by atoms with Gasteiger partial charge in [-0.3, -0.25) is 9.78 Å². The fraction of sp³-hybridized carbons (Fsp3) is 0.111. The smallest absolute Gasteiger partial charge is 0.271 e. The number of nitrogens with one attached hydrogen (secondary N) is 2. The molecule has 0 fully saturated rings. The molecule has 7 nitrogen and oxygen atoms in total. The summed E-state index contributed by atoms with van der Waals surface area (Å²) in [6.07, 6.45) is 6.30. The first-order valence-corrected chi connectivity index (χ1v) is 7.65. The maximum Gasteiger partial charge on any atom is 0.271 e. The van der Waals surface area contributed by atoms with Gasteiger partial charge in [0.2, 0.25) is 0 Å². The van der Waals surface area contributed by atoms with Gasteiger partial charge in [-0.15, -0.1) is 0 Å². The first-order valence-electron chi connectivity index (χ1n) is 7.65. The average Bonchev–Trinajstić information content (AvgIpc) is 2.68. The van der Waals surface area contributed by atoms with Crippen LogP contribution in [0.5, 0.6) is 5.75 Å². The van der Waals surface area contributed by atoms with E-state index < -0.39 is 0 Å². The molecule has 7 heteroatoms. The molecule has 0 aliphatic carbocycles. The number of rotatable bonds is 6. The van der Waals surface area contributed by atoms with Gasteiger partial charge in [-0.1, -0.05) is 12.1 Å². The van der Waals surface area contributed by atoms with Crippen molar-refractivity contribution in [2.45, 2.75) is 6.54 Å². The van der Waals surface area contributed by atoms with Crippen molar-refractivity contribution in [1.29, 1.82) is 0 Å². The summed E-state index contributed by atoms with van der Waals surface area (Å²) < 4.78 is 5.27. The number of carbonyl (C=O) groups is 1. The zero-order valence-corrected chi connectivity index (χ0v) is 13.6. The van der Waals surface area contributed by atoms with Crippen molar-refractivity contribution in [3.8, 4) is 5.75 Å². The lowest BCUT2D eigenvalue weighted by Gasteiger charge is -2.10. The van der Waals surface area contributed by atoms with E-state index in [-0.39, 0.29) is 11.6 Å². The largest absolute Gasteiger partial charge is 0.495 e. The molecule has 0 bridgehead atoms. The molecular weight excluding hydrogens is 318 g/mol. The van der Waals surface area contributed by atoms with Crippen LogP contribution in [-0.4, -0.2) is 28.0 Å². The number of para-hydroxylation sites is 2. The second kappa shape index (κ2) is 7.87. The van der Waals surface area contributed by atoms with Gasteiger partial charge in [-0.2, -0.15) is 0 Å². The van der Waals surface area contributed by atoms with Crippen LogP contribution in [0.1, 0.15) is 16.1 Å². The van der Waals surface area contributed by atoms with E-state index >= 15 is 0 Å². The summed E-state index contributed by atoms with van der Waals surface area (Å²) in [6, 6.07) is 11.2. The number of hydrogen-bond acceptors (Lipinski definition) is 6. The van der Waals surface area contributed by atoms with Crippen LogP contribution in [0.2, 0.25) is 0 Å². The Hall–Kier alpha value is -3.48. The summed E-state index contributed by atoms with van der Waals surface area (Å²) in [5.74, 6) is 0.937. The van der Waals surface area contributed by atoms with Crippen molar-refractivity contribution in [2.24, 2.45) is 0 Å². The molecule has 0 radical (unpaired) electrons. The van der Waals surface area contributed by atoms with Crippen LogP contribution < -0.4 is 15.4 Å². The van der Waals surface area contributed by atoms with Crippen molar-refractivity contribution in [3.05, 3.63) is 72.4 Å². The average molecular weight is 335 g/mol. The number of ether oxygens (including phenoxy) is 1. The number of amides is 1. The van der Waals surface area contributed by atoms with Gasteiger partial charge in [0.15, 0.2) is 0 Å². The minimum atomic E-state index is -0.284. The number of pyridine rings is 1. The number of methoxy groups -OCH3 is 1. The van der Waals surface area contributed by atoms with Gasteiger partial charge in [0.1, 0.15) is 17.3 Å². The molecule has 0 spiro atoms. The molecular formula is C18H17N5O2. The lowest BCUT2D eigenvalue weighted by atomic mass is 10.2. The molecule has 0 saturated carbocycles. The number of carbonyl (C=O) groups excluding carboxylic acids is 1. The third-order valence-corrected chi connectivity index (χ3v) is 3.46. The third kappa shape index (κ3) is 4.29. The molecule has 1 aromatic carbocycles. The van der Waals surface area contributed by atoms with Crippen LogP contribution in [0, 0.1) is 0 Å². The maximum absolute atomic E-state index is 12.1. The van der Waals surface area contributed by atoms with Crippen LogP contribution in [0.4, 0.5) is 11.5 Å². The predicted molar refractivity (Wildman–Crippen MR) is 93.7 cm³/mol. The Morgan fingerprint density at radius 2 is 1.88 bits per heavy atom. The first kappa shape index (κ1) is 16.4. The van der Waals surface area contributed by atoms with Gasteiger partial charge < -0.3 is 15.4 Å². The molecule has 2 N–H and O–H groups in total. The van der Waals surface area contributed by atoms with Crippen molar-refractivity contribution < 1.29 is 9.53 Å².